The summed E-state index contributed by atoms with van der Waals surface area (Å²) in [4.78, 5) is 17.2. The van der Waals surface area contributed by atoms with Gasteiger partial charge in [-0.1, -0.05) is 22.0 Å². The van der Waals surface area contributed by atoms with Crippen molar-refractivity contribution in [1.29, 1.82) is 0 Å². The lowest BCUT2D eigenvalue weighted by atomic mass is 10.3. The molecule has 0 saturated heterocycles. The second-order valence-corrected chi connectivity index (χ2v) is 6.87. The highest BCUT2D eigenvalue weighted by Crippen LogP contribution is 2.19. The summed E-state index contributed by atoms with van der Waals surface area (Å²) in [7, 11) is 0. The molecule has 8 heteroatoms. The summed E-state index contributed by atoms with van der Waals surface area (Å²) in [6.07, 6.45) is 1.60. The first-order valence-electron chi connectivity index (χ1n) is 7.18. The van der Waals surface area contributed by atoms with Gasteiger partial charge in [0.25, 0.3) is 5.91 Å². The van der Waals surface area contributed by atoms with Gasteiger partial charge in [0.1, 0.15) is 5.75 Å². The van der Waals surface area contributed by atoms with Crippen molar-refractivity contribution in [3.05, 3.63) is 51.2 Å². The summed E-state index contributed by atoms with van der Waals surface area (Å²) >= 11 is 4.93. The van der Waals surface area contributed by atoms with Crippen LogP contribution < -0.4 is 10.2 Å². The molecule has 124 valence electrons. The second-order valence-electron chi connectivity index (χ2n) is 5.12. The van der Waals surface area contributed by atoms with Gasteiger partial charge in [-0.3, -0.25) is 9.20 Å². The molecule has 1 amide bonds. The highest BCUT2D eigenvalue weighted by atomic mass is 79.9. The number of rotatable bonds is 5. The highest BCUT2D eigenvalue weighted by Gasteiger charge is 2.10. The topological polar surface area (TPSA) is 68.0 Å². The minimum atomic E-state index is -0.327. The Morgan fingerprint density at radius 3 is 3.12 bits per heavy atom. The largest absolute Gasteiger partial charge is 0.484 e. The van der Waals surface area contributed by atoms with E-state index in [0.717, 1.165) is 26.5 Å². The van der Waals surface area contributed by atoms with Crippen molar-refractivity contribution in [3.8, 4) is 5.75 Å². The Bertz CT molecular complexity index is 916. The fourth-order valence-corrected chi connectivity index (χ4v) is 3.48. The summed E-state index contributed by atoms with van der Waals surface area (Å²) in [5.41, 5.74) is 5.28. The van der Waals surface area contributed by atoms with E-state index in [1.165, 1.54) is 0 Å². The van der Waals surface area contributed by atoms with Crippen LogP contribution in [0.1, 0.15) is 17.1 Å². The Labute approximate surface area is 151 Å². The van der Waals surface area contributed by atoms with Gasteiger partial charge in [0.15, 0.2) is 11.6 Å². The fraction of sp³-hybridized carbons (Fsp3) is 0.188. The zero-order chi connectivity index (χ0) is 17.1. The molecule has 3 rings (SSSR count). The number of halogens is 1. The first-order chi connectivity index (χ1) is 11.5. The Kier molecular flexibility index (Phi) is 4.96. The number of hydrazone groups is 1. The van der Waals surface area contributed by atoms with Crippen LogP contribution in [-0.4, -0.2) is 28.1 Å². The van der Waals surface area contributed by atoms with Gasteiger partial charge in [-0.05, 0) is 32.0 Å². The maximum Gasteiger partial charge on any atom is 0.277 e. The Hall–Kier alpha value is -2.19. The normalized spacial score (nSPS) is 11.3. The molecule has 2 aromatic heterocycles. The molecule has 0 radical (unpaired) electrons. The lowest BCUT2D eigenvalue weighted by Crippen LogP contribution is -2.24. The van der Waals surface area contributed by atoms with Crippen molar-refractivity contribution >= 4 is 44.3 Å². The number of amides is 1. The lowest BCUT2D eigenvalue weighted by molar-refractivity contribution is -0.123. The molecule has 0 spiro atoms. The van der Waals surface area contributed by atoms with E-state index in [1.54, 1.807) is 29.7 Å². The number of benzene rings is 1. The third kappa shape index (κ3) is 3.65. The molecule has 6 nitrogen and oxygen atoms in total. The Morgan fingerprint density at radius 1 is 1.50 bits per heavy atom. The minimum Gasteiger partial charge on any atom is -0.484 e. The molecular weight excluding hydrogens is 392 g/mol. The van der Waals surface area contributed by atoms with Gasteiger partial charge >= 0.3 is 0 Å². The molecule has 3 aromatic rings. The summed E-state index contributed by atoms with van der Waals surface area (Å²) in [6, 6.07) is 7.31. The average Bonchev–Trinajstić information content (AvgIpc) is 3.05. The lowest BCUT2D eigenvalue weighted by Gasteiger charge is -2.05. The van der Waals surface area contributed by atoms with Crippen molar-refractivity contribution in [2.24, 2.45) is 5.10 Å². The number of nitrogens with one attached hydrogen (secondary N) is 1. The van der Waals surface area contributed by atoms with Gasteiger partial charge in [-0.25, -0.2) is 10.4 Å². The SMILES string of the molecule is Cc1nc2scc(C)n2c1/C=N\NC(=O)COc1cccc(Br)c1. The average molecular weight is 407 g/mol. The van der Waals surface area contributed by atoms with Crippen molar-refractivity contribution in [2.75, 3.05) is 6.61 Å². The standard InChI is InChI=1S/C16H15BrN4O2S/c1-10-9-24-16-19-11(2)14(21(10)16)7-18-20-15(22)8-23-13-5-3-4-12(17)6-13/h3-7,9H,8H2,1-2H3,(H,20,22)/b18-7-. The number of ether oxygens (including phenoxy) is 1. The van der Waals surface area contributed by atoms with Crippen LogP contribution in [0.4, 0.5) is 0 Å². The molecule has 0 fully saturated rings. The van der Waals surface area contributed by atoms with Gasteiger partial charge < -0.3 is 4.74 Å². The van der Waals surface area contributed by atoms with E-state index in [0.29, 0.717) is 5.75 Å². The molecule has 1 N–H and O–H groups in total. The molecule has 0 saturated carbocycles. The number of carbonyl (C=O) groups is 1. The fourth-order valence-electron chi connectivity index (χ4n) is 2.18. The Morgan fingerprint density at radius 2 is 2.33 bits per heavy atom. The quantitative estimate of drug-likeness (QED) is 0.521. The minimum absolute atomic E-state index is 0.105. The van der Waals surface area contributed by atoms with Gasteiger partial charge in [0.2, 0.25) is 0 Å². The van der Waals surface area contributed by atoms with E-state index in [4.69, 9.17) is 4.74 Å². The Balaban J connectivity index is 1.60. The molecule has 0 aliphatic carbocycles. The van der Waals surface area contributed by atoms with Crippen molar-refractivity contribution in [3.63, 3.8) is 0 Å². The van der Waals surface area contributed by atoms with Crippen molar-refractivity contribution in [1.82, 2.24) is 14.8 Å². The molecule has 24 heavy (non-hydrogen) atoms. The number of aromatic nitrogens is 2. The monoisotopic (exact) mass is 406 g/mol. The van der Waals surface area contributed by atoms with Crippen LogP contribution in [0.3, 0.4) is 0 Å². The van der Waals surface area contributed by atoms with Gasteiger partial charge in [0.05, 0.1) is 17.6 Å². The number of carbonyl (C=O) groups excluding carboxylic acids is 1. The zero-order valence-electron chi connectivity index (χ0n) is 13.1. The molecule has 1 aromatic carbocycles. The highest BCUT2D eigenvalue weighted by molar-refractivity contribution is 9.10. The summed E-state index contributed by atoms with van der Waals surface area (Å²) in [6.45, 7) is 3.82. The van der Waals surface area contributed by atoms with Crippen LogP contribution in [0.25, 0.3) is 4.96 Å². The zero-order valence-corrected chi connectivity index (χ0v) is 15.5. The first kappa shape index (κ1) is 16.7. The number of imidazole rings is 1. The predicted octanol–water partition coefficient (Wildman–Crippen LogP) is 3.30. The number of hydrogen-bond acceptors (Lipinski definition) is 5. The maximum atomic E-state index is 11.8. The molecule has 0 aliphatic rings. The molecule has 0 bridgehead atoms. The van der Waals surface area contributed by atoms with Gasteiger partial charge in [-0.2, -0.15) is 5.10 Å². The number of thiazole rings is 1. The van der Waals surface area contributed by atoms with Crippen LogP contribution in [-0.2, 0) is 4.79 Å². The van der Waals surface area contributed by atoms with Crippen molar-refractivity contribution in [2.45, 2.75) is 13.8 Å². The van der Waals surface area contributed by atoms with E-state index < -0.39 is 0 Å². The smallest absolute Gasteiger partial charge is 0.277 e. The number of fused-ring (bicyclic) bond motifs is 1. The van der Waals surface area contributed by atoms with E-state index >= 15 is 0 Å². The van der Waals surface area contributed by atoms with Crippen LogP contribution in [0.2, 0.25) is 0 Å². The van der Waals surface area contributed by atoms with E-state index in [-0.39, 0.29) is 12.5 Å². The van der Waals surface area contributed by atoms with E-state index in [9.17, 15) is 4.79 Å². The van der Waals surface area contributed by atoms with Crippen LogP contribution in [0.5, 0.6) is 5.75 Å². The number of nitrogens with zero attached hydrogens (tertiary/aromatic N) is 3. The molecule has 0 atom stereocenters. The number of hydrogen-bond donors (Lipinski definition) is 1. The number of aryl methyl sites for hydroxylation is 2. The third-order valence-corrected chi connectivity index (χ3v) is 4.73. The summed E-state index contributed by atoms with van der Waals surface area (Å²) in [5, 5.41) is 6.04. The van der Waals surface area contributed by atoms with Gasteiger partial charge in [0, 0.05) is 15.5 Å². The van der Waals surface area contributed by atoms with Gasteiger partial charge in [-0.15, -0.1) is 11.3 Å². The van der Waals surface area contributed by atoms with Crippen molar-refractivity contribution < 1.29 is 9.53 Å². The maximum absolute atomic E-state index is 11.8. The molecule has 2 heterocycles. The van der Waals surface area contributed by atoms with E-state index in [2.05, 4.69) is 31.4 Å². The predicted molar refractivity (Wildman–Crippen MR) is 97.9 cm³/mol. The molecular formula is C16H15BrN4O2S. The van der Waals surface area contributed by atoms with E-state index in [1.807, 2.05) is 35.8 Å². The summed E-state index contributed by atoms with van der Waals surface area (Å²) in [5.74, 6) is 0.289. The van der Waals surface area contributed by atoms with Crippen LogP contribution >= 0.6 is 27.3 Å². The molecule has 0 unspecified atom stereocenters. The molecule has 0 aliphatic heterocycles. The first-order valence-corrected chi connectivity index (χ1v) is 8.85. The van der Waals surface area contributed by atoms with Crippen LogP contribution in [0, 0.1) is 13.8 Å². The van der Waals surface area contributed by atoms with Crippen LogP contribution in [0.15, 0.2) is 39.2 Å². The second kappa shape index (κ2) is 7.14. The third-order valence-electron chi connectivity index (χ3n) is 3.30. The summed E-state index contributed by atoms with van der Waals surface area (Å²) < 4.78 is 8.31.